The zero-order valence-electron chi connectivity index (χ0n) is 11.7. The van der Waals surface area contributed by atoms with Crippen LogP contribution in [-0.2, 0) is 6.54 Å². The summed E-state index contributed by atoms with van der Waals surface area (Å²) in [7, 11) is 0. The monoisotopic (exact) mass is 271 g/mol. The molecule has 0 aliphatic carbocycles. The van der Waals surface area contributed by atoms with Gasteiger partial charge < -0.3 is 14.6 Å². The van der Waals surface area contributed by atoms with Crippen LogP contribution in [0.5, 0.6) is 5.75 Å². The first-order valence-corrected chi connectivity index (χ1v) is 7.32. The number of rotatable bonds is 5. The third-order valence-corrected chi connectivity index (χ3v) is 3.85. The van der Waals surface area contributed by atoms with Crippen molar-refractivity contribution in [3.63, 3.8) is 0 Å². The molecule has 106 valence electrons. The molecule has 2 heterocycles. The quantitative estimate of drug-likeness (QED) is 0.908. The molecule has 4 heteroatoms. The summed E-state index contributed by atoms with van der Waals surface area (Å²) in [6.07, 6.45) is 6.33. The fourth-order valence-electron chi connectivity index (χ4n) is 2.75. The maximum atomic E-state index is 5.76. The molecule has 0 atom stereocenters. The standard InChI is InChI=1S/C16H21N3O/c1-2-4-15(5-3-1)20-11-10-19-13-18-12-16(19)14-6-8-17-9-7-14/h1-5,12-14,17H,6-11H2. The number of imidazole rings is 1. The fourth-order valence-corrected chi connectivity index (χ4v) is 2.75. The Balaban J connectivity index is 1.56. The lowest BCUT2D eigenvalue weighted by Gasteiger charge is -2.23. The van der Waals surface area contributed by atoms with Gasteiger partial charge in [0.25, 0.3) is 0 Å². The highest BCUT2D eigenvalue weighted by Crippen LogP contribution is 2.24. The van der Waals surface area contributed by atoms with E-state index in [4.69, 9.17) is 4.74 Å². The Bertz CT molecular complexity index is 518. The van der Waals surface area contributed by atoms with E-state index in [0.29, 0.717) is 12.5 Å². The predicted octanol–water partition coefficient (Wildman–Crippen LogP) is 2.43. The molecule has 4 nitrogen and oxygen atoms in total. The van der Waals surface area contributed by atoms with Crippen molar-refractivity contribution in [2.24, 2.45) is 0 Å². The van der Waals surface area contributed by atoms with E-state index in [2.05, 4.69) is 14.9 Å². The molecule has 1 aliphatic heterocycles. The van der Waals surface area contributed by atoms with Crippen LogP contribution in [0.3, 0.4) is 0 Å². The number of hydrogen-bond donors (Lipinski definition) is 1. The third kappa shape index (κ3) is 3.20. The summed E-state index contributed by atoms with van der Waals surface area (Å²) in [5.74, 6) is 1.56. The number of piperidine rings is 1. The van der Waals surface area contributed by atoms with Gasteiger partial charge >= 0.3 is 0 Å². The first kappa shape index (κ1) is 13.2. The number of nitrogens with zero attached hydrogens (tertiary/aromatic N) is 2. The summed E-state index contributed by atoms with van der Waals surface area (Å²) in [5.41, 5.74) is 1.35. The van der Waals surface area contributed by atoms with Gasteiger partial charge in [-0.05, 0) is 38.1 Å². The highest BCUT2D eigenvalue weighted by Gasteiger charge is 2.18. The molecular formula is C16H21N3O. The summed E-state index contributed by atoms with van der Waals surface area (Å²) >= 11 is 0. The molecule has 0 bridgehead atoms. The first-order chi connectivity index (χ1) is 9.93. The first-order valence-electron chi connectivity index (χ1n) is 7.32. The smallest absolute Gasteiger partial charge is 0.119 e. The number of ether oxygens (including phenoxy) is 1. The van der Waals surface area contributed by atoms with E-state index in [9.17, 15) is 0 Å². The van der Waals surface area contributed by atoms with Crippen LogP contribution in [0.1, 0.15) is 24.5 Å². The van der Waals surface area contributed by atoms with Gasteiger partial charge in [0, 0.05) is 17.8 Å². The molecule has 0 radical (unpaired) electrons. The molecule has 3 rings (SSSR count). The van der Waals surface area contributed by atoms with Crippen molar-refractivity contribution >= 4 is 0 Å². The van der Waals surface area contributed by atoms with Crippen molar-refractivity contribution < 1.29 is 4.74 Å². The Morgan fingerprint density at radius 1 is 1.20 bits per heavy atom. The molecule has 2 aromatic rings. The molecule has 1 fully saturated rings. The largest absolute Gasteiger partial charge is 0.492 e. The maximum absolute atomic E-state index is 5.76. The van der Waals surface area contributed by atoms with Crippen molar-refractivity contribution in [1.29, 1.82) is 0 Å². The predicted molar refractivity (Wildman–Crippen MR) is 79.0 cm³/mol. The van der Waals surface area contributed by atoms with Gasteiger partial charge in [-0.1, -0.05) is 18.2 Å². The van der Waals surface area contributed by atoms with Gasteiger partial charge in [-0.25, -0.2) is 4.98 Å². The summed E-state index contributed by atoms with van der Waals surface area (Å²) in [5, 5.41) is 3.41. The van der Waals surface area contributed by atoms with E-state index in [0.717, 1.165) is 25.4 Å². The van der Waals surface area contributed by atoms with Crippen molar-refractivity contribution in [2.45, 2.75) is 25.3 Å². The van der Waals surface area contributed by atoms with Gasteiger partial charge in [-0.2, -0.15) is 0 Å². The fraction of sp³-hybridized carbons (Fsp3) is 0.438. The SMILES string of the molecule is c1ccc(OCCn2cncc2C2CCNCC2)cc1. The van der Waals surface area contributed by atoms with Gasteiger partial charge in [0.05, 0.1) is 12.9 Å². The number of hydrogen-bond acceptors (Lipinski definition) is 3. The maximum Gasteiger partial charge on any atom is 0.119 e. The Morgan fingerprint density at radius 3 is 2.80 bits per heavy atom. The van der Waals surface area contributed by atoms with Crippen LogP contribution in [0.2, 0.25) is 0 Å². The van der Waals surface area contributed by atoms with Gasteiger partial charge in [0.1, 0.15) is 12.4 Å². The molecule has 0 saturated carbocycles. The summed E-state index contributed by atoms with van der Waals surface area (Å²) in [6.45, 7) is 3.75. The van der Waals surface area contributed by atoms with Crippen LogP contribution in [-0.4, -0.2) is 29.2 Å². The van der Waals surface area contributed by atoms with Crippen LogP contribution in [0.25, 0.3) is 0 Å². The Labute approximate surface area is 119 Å². The van der Waals surface area contributed by atoms with Crippen molar-refractivity contribution in [2.75, 3.05) is 19.7 Å². The van der Waals surface area contributed by atoms with Crippen molar-refractivity contribution in [3.05, 3.63) is 48.5 Å². The number of para-hydroxylation sites is 1. The zero-order chi connectivity index (χ0) is 13.6. The van der Waals surface area contributed by atoms with Gasteiger partial charge in [-0.3, -0.25) is 0 Å². The molecule has 1 saturated heterocycles. The second-order valence-corrected chi connectivity index (χ2v) is 5.20. The number of aromatic nitrogens is 2. The van der Waals surface area contributed by atoms with Gasteiger partial charge in [-0.15, -0.1) is 0 Å². The van der Waals surface area contributed by atoms with Crippen LogP contribution in [0.4, 0.5) is 0 Å². The molecule has 20 heavy (non-hydrogen) atoms. The van der Waals surface area contributed by atoms with E-state index in [1.807, 2.05) is 42.9 Å². The summed E-state index contributed by atoms with van der Waals surface area (Å²) in [4.78, 5) is 4.31. The minimum atomic E-state index is 0.635. The molecule has 0 spiro atoms. The van der Waals surface area contributed by atoms with Gasteiger partial charge in [0.2, 0.25) is 0 Å². The lowest BCUT2D eigenvalue weighted by Crippen LogP contribution is -2.28. The minimum absolute atomic E-state index is 0.635. The van der Waals surface area contributed by atoms with Crippen LogP contribution < -0.4 is 10.1 Å². The highest BCUT2D eigenvalue weighted by molar-refractivity contribution is 5.20. The molecule has 1 aromatic heterocycles. The van der Waals surface area contributed by atoms with E-state index in [1.54, 1.807) is 0 Å². The summed E-state index contributed by atoms with van der Waals surface area (Å²) < 4.78 is 8.00. The molecular weight excluding hydrogens is 250 g/mol. The lowest BCUT2D eigenvalue weighted by atomic mass is 9.95. The Morgan fingerprint density at radius 2 is 2.00 bits per heavy atom. The van der Waals surface area contributed by atoms with Gasteiger partial charge in [0.15, 0.2) is 0 Å². The average molecular weight is 271 g/mol. The normalized spacial score (nSPS) is 16.2. The lowest BCUT2D eigenvalue weighted by molar-refractivity contribution is 0.293. The van der Waals surface area contributed by atoms with Crippen molar-refractivity contribution in [1.82, 2.24) is 14.9 Å². The third-order valence-electron chi connectivity index (χ3n) is 3.85. The van der Waals surface area contributed by atoms with E-state index in [-0.39, 0.29) is 0 Å². The van der Waals surface area contributed by atoms with E-state index >= 15 is 0 Å². The number of nitrogens with one attached hydrogen (secondary N) is 1. The second-order valence-electron chi connectivity index (χ2n) is 5.20. The average Bonchev–Trinajstić information content (AvgIpc) is 2.98. The van der Waals surface area contributed by atoms with Crippen LogP contribution in [0, 0.1) is 0 Å². The Kier molecular flexibility index (Phi) is 4.33. The topological polar surface area (TPSA) is 39.1 Å². The summed E-state index contributed by atoms with van der Waals surface area (Å²) in [6, 6.07) is 9.96. The molecule has 1 aromatic carbocycles. The van der Waals surface area contributed by atoms with Crippen LogP contribution in [0.15, 0.2) is 42.9 Å². The molecule has 1 aliphatic rings. The second kappa shape index (κ2) is 6.57. The minimum Gasteiger partial charge on any atom is -0.492 e. The zero-order valence-corrected chi connectivity index (χ0v) is 11.7. The van der Waals surface area contributed by atoms with E-state index < -0.39 is 0 Å². The Hall–Kier alpha value is -1.81. The highest BCUT2D eigenvalue weighted by atomic mass is 16.5. The van der Waals surface area contributed by atoms with Crippen molar-refractivity contribution in [3.8, 4) is 5.75 Å². The molecule has 1 N–H and O–H groups in total. The van der Waals surface area contributed by atoms with Crippen LogP contribution >= 0.6 is 0 Å². The molecule has 0 unspecified atom stereocenters. The molecule has 0 amide bonds. The number of benzene rings is 1. The van der Waals surface area contributed by atoms with E-state index in [1.165, 1.54) is 18.5 Å².